The van der Waals surface area contributed by atoms with Gasteiger partial charge >= 0.3 is 5.97 Å². The molecule has 0 aromatic carbocycles. The minimum absolute atomic E-state index is 0.0686. The van der Waals surface area contributed by atoms with Gasteiger partial charge in [-0.1, -0.05) is 13.3 Å². The van der Waals surface area contributed by atoms with Crippen LogP contribution in [0.2, 0.25) is 0 Å². The van der Waals surface area contributed by atoms with Crippen LogP contribution >= 0.6 is 0 Å². The predicted molar refractivity (Wildman–Crippen MR) is 73.9 cm³/mol. The average molecular weight is 270 g/mol. The van der Waals surface area contributed by atoms with E-state index in [1.807, 2.05) is 16.8 Å². The number of carbonyl (C=O) groups excluding carboxylic acids is 1. The average Bonchev–Trinajstić information content (AvgIpc) is 2.43. The van der Waals surface area contributed by atoms with Crippen molar-refractivity contribution in [3.8, 4) is 0 Å². The molecular formula is C14H26N2O3. The summed E-state index contributed by atoms with van der Waals surface area (Å²) in [5.41, 5.74) is 0. The van der Waals surface area contributed by atoms with Gasteiger partial charge in [-0.3, -0.25) is 14.5 Å². The molecule has 1 atom stereocenters. The van der Waals surface area contributed by atoms with Crippen LogP contribution in [0.5, 0.6) is 0 Å². The van der Waals surface area contributed by atoms with Crippen molar-refractivity contribution in [1.82, 2.24) is 9.80 Å². The summed E-state index contributed by atoms with van der Waals surface area (Å²) in [4.78, 5) is 26.9. The van der Waals surface area contributed by atoms with Gasteiger partial charge < -0.3 is 10.0 Å². The van der Waals surface area contributed by atoms with E-state index in [0.717, 1.165) is 32.2 Å². The van der Waals surface area contributed by atoms with Crippen LogP contribution in [-0.2, 0) is 9.59 Å². The fourth-order valence-corrected chi connectivity index (χ4v) is 2.51. The maximum atomic E-state index is 12.2. The second kappa shape index (κ2) is 7.48. The first-order valence-electron chi connectivity index (χ1n) is 7.19. The first kappa shape index (κ1) is 16.0. The highest BCUT2D eigenvalue weighted by atomic mass is 16.4. The first-order chi connectivity index (χ1) is 8.97. The van der Waals surface area contributed by atoms with Crippen LogP contribution in [0, 0.1) is 5.92 Å². The third-order valence-electron chi connectivity index (χ3n) is 4.01. The van der Waals surface area contributed by atoms with E-state index in [4.69, 9.17) is 5.11 Å². The van der Waals surface area contributed by atoms with Crippen molar-refractivity contribution < 1.29 is 14.7 Å². The van der Waals surface area contributed by atoms with Crippen LogP contribution in [0.4, 0.5) is 0 Å². The Morgan fingerprint density at radius 1 is 1.37 bits per heavy atom. The molecular weight excluding hydrogens is 244 g/mol. The molecule has 1 saturated heterocycles. The highest BCUT2D eigenvalue weighted by Crippen LogP contribution is 2.21. The van der Waals surface area contributed by atoms with Crippen LogP contribution < -0.4 is 0 Å². The molecule has 5 heteroatoms. The van der Waals surface area contributed by atoms with Crippen molar-refractivity contribution in [3.05, 3.63) is 0 Å². The third kappa shape index (κ3) is 4.49. The lowest BCUT2D eigenvalue weighted by Gasteiger charge is -2.35. The van der Waals surface area contributed by atoms with E-state index in [2.05, 4.69) is 6.92 Å². The maximum Gasteiger partial charge on any atom is 0.320 e. The number of hydrogen-bond donors (Lipinski definition) is 1. The molecule has 1 amide bonds. The minimum atomic E-state index is -0.787. The lowest BCUT2D eigenvalue weighted by Crippen LogP contribution is -2.46. The summed E-state index contributed by atoms with van der Waals surface area (Å²) >= 11 is 0. The molecule has 0 aromatic heterocycles. The summed E-state index contributed by atoms with van der Waals surface area (Å²) in [5.74, 6) is -0.500. The monoisotopic (exact) mass is 270 g/mol. The fraction of sp³-hybridized carbons (Fsp3) is 0.857. The Morgan fingerprint density at radius 3 is 2.42 bits per heavy atom. The van der Waals surface area contributed by atoms with Crippen molar-refractivity contribution >= 4 is 11.9 Å². The molecule has 0 aliphatic carbocycles. The first-order valence-corrected chi connectivity index (χ1v) is 7.19. The lowest BCUT2D eigenvalue weighted by molar-refractivity contribution is -0.143. The van der Waals surface area contributed by atoms with E-state index in [9.17, 15) is 9.59 Å². The van der Waals surface area contributed by atoms with Gasteiger partial charge in [-0.15, -0.1) is 0 Å². The summed E-state index contributed by atoms with van der Waals surface area (Å²) in [7, 11) is 1.87. The van der Waals surface area contributed by atoms with Crippen LogP contribution in [0.25, 0.3) is 0 Å². The van der Waals surface area contributed by atoms with E-state index < -0.39 is 12.0 Å². The van der Waals surface area contributed by atoms with Gasteiger partial charge in [0.1, 0.15) is 6.04 Å². The molecule has 1 unspecified atom stereocenters. The van der Waals surface area contributed by atoms with E-state index >= 15 is 0 Å². The highest BCUT2D eigenvalue weighted by Gasteiger charge is 2.30. The fourth-order valence-electron chi connectivity index (χ4n) is 2.51. The Bertz CT molecular complexity index is 312. The summed E-state index contributed by atoms with van der Waals surface area (Å²) in [6.45, 7) is 6.04. The zero-order valence-corrected chi connectivity index (χ0v) is 12.3. The molecule has 1 aliphatic heterocycles. The van der Waals surface area contributed by atoms with Crippen LogP contribution in [0.3, 0.4) is 0 Å². The van der Waals surface area contributed by atoms with E-state index in [0.29, 0.717) is 13.1 Å². The van der Waals surface area contributed by atoms with Gasteiger partial charge in [-0.25, -0.2) is 0 Å². The summed E-state index contributed by atoms with van der Waals surface area (Å²) < 4.78 is 0. The van der Waals surface area contributed by atoms with Crippen molar-refractivity contribution in [3.63, 3.8) is 0 Å². The van der Waals surface area contributed by atoms with Crippen molar-refractivity contribution in [2.75, 3.05) is 26.7 Å². The molecule has 1 aliphatic rings. The van der Waals surface area contributed by atoms with E-state index in [1.54, 1.807) is 6.92 Å². The Morgan fingerprint density at radius 2 is 1.95 bits per heavy atom. The van der Waals surface area contributed by atoms with Gasteiger partial charge in [-0.05, 0) is 39.3 Å². The van der Waals surface area contributed by atoms with Gasteiger partial charge in [0.05, 0.1) is 0 Å². The number of aliphatic carboxylic acids is 1. The summed E-state index contributed by atoms with van der Waals surface area (Å²) in [6, 6.07) is -0.450. The Labute approximate surface area is 115 Å². The molecule has 1 rings (SSSR count). The molecule has 0 bridgehead atoms. The molecule has 1 fully saturated rings. The number of carboxylic acid groups (broad SMARTS) is 1. The number of nitrogens with zero attached hydrogens (tertiary/aromatic N) is 2. The number of likely N-dealkylation sites (tertiary alicyclic amines) is 1. The summed E-state index contributed by atoms with van der Waals surface area (Å²) in [5, 5.41) is 8.98. The van der Waals surface area contributed by atoms with Gasteiger partial charge in [0.15, 0.2) is 0 Å². The Balaban J connectivity index is 2.40. The number of carboxylic acids is 1. The quantitative estimate of drug-likeness (QED) is 0.793. The molecule has 0 aromatic rings. The molecule has 0 saturated carbocycles. The lowest BCUT2D eigenvalue weighted by atomic mass is 9.94. The molecule has 0 spiro atoms. The number of unbranched alkanes of at least 4 members (excludes halogenated alkanes) is 1. The van der Waals surface area contributed by atoms with E-state index in [1.165, 1.54) is 0 Å². The van der Waals surface area contributed by atoms with Gasteiger partial charge in [0.25, 0.3) is 0 Å². The number of piperidine rings is 1. The minimum Gasteiger partial charge on any atom is -0.480 e. The normalized spacial score (nSPS) is 19.1. The SMILES string of the molecule is CCCCN(C)C(=O)C1CCN(C(C)C(=O)O)CC1. The topological polar surface area (TPSA) is 60.9 Å². The number of rotatable bonds is 6. The van der Waals surface area contributed by atoms with Gasteiger partial charge in [-0.2, -0.15) is 0 Å². The van der Waals surface area contributed by atoms with E-state index in [-0.39, 0.29) is 11.8 Å². The second-order valence-corrected chi connectivity index (χ2v) is 5.44. The van der Waals surface area contributed by atoms with Crippen LogP contribution in [0.15, 0.2) is 0 Å². The molecule has 1 heterocycles. The Hall–Kier alpha value is -1.10. The molecule has 1 N–H and O–H groups in total. The van der Waals surface area contributed by atoms with Crippen LogP contribution in [-0.4, -0.2) is 59.5 Å². The third-order valence-corrected chi connectivity index (χ3v) is 4.01. The molecule has 19 heavy (non-hydrogen) atoms. The standard InChI is InChI=1S/C14H26N2O3/c1-4-5-8-15(3)13(17)12-6-9-16(10-7-12)11(2)14(18)19/h11-12H,4-10H2,1-3H3,(H,18,19). The number of amides is 1. The van der Waals surface area contributed by atoms with Gasteiger partial charge in [0.2, 0.25) is 5.91 Å². The smallest absolute Gasteiger partial charge is 0.320 e. The molecule has 5 nitrogen and oxygen atoms in total. The maximum absolute atomic E-state index is 12.2. The predicted octanol–water partition coefficient (Wildman–Crippen LogP) is 1.43. The zero-order valence-electron chi connectivity index (χ0n) is 12.3. The van der Waals surface area contributed by atoms with Crippen molar-refractivity contribution in [2.45, 2.75) is 45.6 Å². The van der Waals surface area contributed by atoms with Crippen molar-refractivity contribution in [1.29, 1.82) is 0 Å². The second-order valence-electron chi connectivity index (χ2n) is 5.44. The van der Waals surface area contributed by atoms with Crippen molar-refractivity contribution in [2.24, 2.45) is 5.92 Å². The van der Waals surface area contributed by atoms with Gasteiger partial charge in [0, 0.05) is 19.5 Å². The highest BCUT2D eigenvalue weighted by molar-refractivity contribution is 5.78. The molecule has 0 radical (unpaired) electrons. The zero-order chi connectivity index (χ0) is 14.4. The number of carbonyl (C=O) groups is 2. The van der Waals surface area contributed by atoms with Crippen LogP contribution in [0.1, 0.15) is 39.5 Å². The Kier molecular flexibility index (Phi) is 6.28. The number of hydrogen-bond acceptors (Lipinski definition) is 3. The molecule has 110 valence electrons. The summed E-state index contributed by atoms with van der Waals surface area (Å²) in [6.07, 6.45) is 3.67. The largest absolute Gasteiger partial charge is 0.480 e.